The lowest BCUT2D eigenvalue weighted by Crippen LogP contribution is -2.53. The summed E-state index contributed by atoms with van der Waals surface area (Å²) in [6.07, 6.45) is 6.12. The Balaban J connectivity index is 2.23. The smallest absolute Gasteiger partial charge is 0.317 e. The summed E-state index contributed by atoms with van der Waals surface area (Å²) in [6.45, 7) is 2.49. The summed E-state index contributed by atoms with van der Waals surface area (Å²) in [5, 5.41) is 38.3. The minimum atomic E-state index is -3.15. The van der Waals surface area contributed by atoms with Crippen LogP contribution in [0.5, 0.6) is 0 Å². The van der Waals surface area contributed by atoms with Gasteiger partial charge in [0, 0.05) is 64.2 Å². The van der Waals surface area contributed by atoms with Gasteiger partial charge < -0.3 is 25.3 Å². The van der Waals surface area contributed by atoms with Crippen molar-refractivity contribution in [2.45, 2.75) is 57.9 Å². The van der Waals surface area contributed by atoms with Gasteiger partial charge in [0.25, 0.3) is 0 Å². The highest BCUT2D eigenvalue weighted by molar-refractivity contribution is 7.57. The molecule has 0 spiro atoms. The molecule has 0 aliphatic carbocycles. The van der Waals surface area contributed by atoms with Crippen LogP contribution >= 0.6 is 7.37 Å². The van der Waals surface area contributed by atoms with Gasteiger partial charge in [0.2, 0.25) is 7.37 Å². The Bertz CT molecular complexity index is 1180. The predicted molar refractivity (Wildman–Crippen MR) is 177 cm³/mol. The summed E-state index contributed by atoms with van der Waals surface area (Å²) in [6, 6.07) is 7.32. The first-order valence-corrected chi connectivity index (χ1v) is 18.5. The lowest BCUT2D eigenvalue weighted by Gasteiger charge is -2.37. The number of benzene rings is 1. The van der Waals surface area contributed by atoms with Gasteiger partial charge >= 0.3 is 23.9 Å². The van der Waals surface area contributed by atoms with Gasteiger partial charge in [0.05, 0.1) is 26.2 Å². The molecule has 2 rings (SSSR count). The van der Waals surface area contributed by atoms with Crippen molar-refractivity contribution >= 4 is 31.2 Å². The first-order chi connectivity index (χ1) is 22.3. The van der Waals surface area contributed by atoms with E-state index in [1.54, 1.807) is 19.6 Å². The SMILES string of the molecule is CCCCCCP(=O)(O)CCCc1ccc(C[C@H]2CN(CC(=O)O)CCN(CC(=O)O)CCN(CC(=O)O)CCN2CC(=O)O)cc1. The first kappa shape index (κ1) is 40.3. The Kier molecular flexibility index (Phi) is 18.2. The molecule has 1 aromatic rings. The average molecular weight is 685 g/mol. The molecule has 1 fully saturated rings. The van der Waals surface area contributed by atoms with E-state index in [1.807, 2.05) is 24.3 Å². The minimum absolute atomic E-state index is 0.200. The number of rotatable bonds is 19. The summed E-state index contributed by atoms with van der Waals surface area (Å²) in [7, 11) is -3.15. The Hall–Kier alpha value is -2.87. The second-order valence-electron chi connectivity index (χ2n) is 12.5. The molecule has 0 saturated carbocycles. The molecule has 1 aromatic carbocycles. The Labute approximate surface area is 277 Å². The maximum absolute atomic E-state index is 12.5. The van der Waals surface area contributed by atoms with Crippen molar-refractivity contribution in [1.29, 1.82) is 0 Å². The van der Waals surface area contributed by atoms with E-state index in [9.17, 15) is 49.1 Å². The van der Waals surface area contributed by atoms with Crippen molar-refractivity contribution in [3.63, 3.8) is 0 Å². The zero-order chi connectivity index (χ0) is 34.8. The average Bonchev–Trinajstić information content (AvgIpc) is 2.97. The maximum Gasteiger partial charge on any atom is 0.317 e. The molecule has 0 aromatic heterocycles. The van der Waals surface area contributed by atoms with Crippen molar-refractivity contribution < 1.29 is 49.1 Å². The molecule has 0 amide bonds. The van der Waals surface area contributed by atoms with Gasteiger partial charge in [-0.3, -0.25) is 43.3 Å². The van der Waals surface area contributed by atoms with Gasteiger partial charge in [0.1, 0.15) is 0 Å². The maximum atomic E-state index is 12.5. The van der Waals surface area contributed by atoms with Crippen LogP contribution in [0.4, 0.5) is 0 Å². The highest BCUT2D eigenvalue weighted by atomic mass is 31.2. The van der Waals surface area contributed by atoms with Crippen LogP contribution in [0.25, 0.3) is 0 Å². The summed E-state index contributed by atoms with van der Waals surface area (Å²) in [5.41, 5.74) is 1.91. The molecule has 14 nitrogen and oxygen atoms in total. The molecule has 1 aliphatic heterocycles. The third kappa shape index (κ3) is 17.7. The highest BCUT2D eigenvalue weighted by Gasteiger charge is 2.27. The minimum Gasteiger partial charge on any atom is -0.480 e. The molecule has 0 radical (unpaired) electrons. The molecule has 2 atom stereocenters. The third-order valence-corrected chi connectivity index (χ3v) is 10.4. The lowest BCUT2D eigenvalue weighted by molar-refractivity contribution is -0.142. The number of carboxylic acids is 4. The zero-order valence-electron chi connectivity index (χ0n) is 27.5. The standard InChI is InChI=1S/C32H53N4O10P/c1-2-3-4-5-18-47(45,46)19-6-7-26-8-10-27(11-9-26)20-28-21-35(24-31(41)42)15-14-33(22-29(37)38)12-13-34(23-30(39)40)16-17-36(28)25-32(43)44/h8-11,28H,2-7,12-25H2,1H3,(H,37,38)(H,39,40)(H,41,42)(H,43,44)(H,45,46)/t28-/m0/s1. The van der Waals surface area contributed by atoms with E-state index in [0.29, 0.717) is 25.4 Å². The molecular weight excluding hydrogens is 631 g/mol. The number of nitrogens with zero attached hydrogens (tertiary/aromatic N) is 4. The Morgan fingerprint density at radius 3 is 1.66 bits per heavy atom. The Morgan fingerprint density at radius 1 is 0.660 bits per heavy atom. The van der Waals surface area contributed by atoms with E-state index in [-0.39, 0.29) is 78.2 Å². The molecule has 15 heteroatoms. The van der Waals surface area contributed by atoms with Crippen LogP contribution in [0.3, 0.4) is 0 Å². The molecule has 47 heavy (non-hydrogen) atoms. The van der Waals surface area contributed by atoms with Crippen LogP contribution in [0, 0.1) is 0 Å². The molecule has 266 valence electrons. The molecular formula is C32H53N4O10P. The number of unbranched alkanes of at least 4 members (excludes halogenated alkanes) is 3. The molecule has 5 N–H and O–H groups in total. The summed E-state index contributed by atoms with van der Waals surface area (Å²) in [5.74, 6) is -4.22. The van der Waals surface area contributed by atoms with Crippen molar-refractivity contribution in [3.05, 3.63) is 35.4 Å². The second-order valence-corrected chi connectivity index (χ2v) is 15.1. The van der Waals surface area contributed by atoms with E-state index < -0.39 is 37.3 Å². The van der Waals surface area contributed by atoms with Crippen molar-refractivity contribution in [3.8, 4) is 0 Å². The third-order valence-electron chi connectivity index (χ3n) is 8.40. The number of aliphatic carboxylic acids is 4. The van der Waals surface area contributed by atoms with Crippen LogP contribution in [-0.2, 0) is 36.6 Å². The summed E-state index contributed by atoms with van der Waals surface area (Å²) < 4.78 is 12.5. The molecule has 1 saturated heterocycles. The molecule has 1 heterocycles. The topological polar surface area (TPSA) is 199 Å². The van der Waals surface area contributed by atoms with E-state index in [0.717, 1.165) is 36.8 Å². The van der Waals surface area contributed by atoms with Gasteiger partial charge in [-0.1, -0.05) is 50.5 Å². The van der Waals surface area contributed by atoms with Crippen LogP contribution in [0.1, 0.15) is 50.2 Å². The Morgan fingerprint density at radius 2 is 1.13 bits per heavy atom. The van der Waals surface area contributed by atoms with Crippen molar-refractivity contribution in [2.24, 2.45) is 0 Å². The summed E-state index contributed by atoms with van der Waals surface area (Å²) >= 11 is 0. The van der Waals surface area contributed by atoms with Gasteiger partial charge in [-0.15, -0.1) is 0 Å². The fourth-order valence-electron chi connectivity index (χ4n) is 5.90. The number of carboxylic acid groups (broad SMARTS) is 4. The number of carbonyl (C=O) groups is 4. The fourth-order valence-corrected chi connectivity index (χ4v) is 7.49. The van der Waals surface area contributed by atoms with Crippen molar-refractivity contribution in [1.82, 2.24) is 19.6 Å². The van der Waals surface area contributed by atoms with E-state index in [2.05, 4.69) is 6.92 Å². The van der Waals surface area contributed by atoms with E-state index in [4.69, 9.17) is 0 Å². The normalized spacial score (nSPS) is 19.3. The number of hydrogen-bond donors (Lipinski definition) is 5. The largest absolute Gasteiger partial charge is 0.480 e. The predicted octanol–water partition coefficient (Wildman–Crippen LogP) is 1.94. The second kappa shape index (κ2) is 21.2. The van der Waals surface area contributed by atoms with Gasteiger partial charge in [-0.25, -0.2) is 0 Å². The zero-order valence-corrected chi connectivity index (χ0v) is 28.4. The van der Waals surface area contributed by atoms with Crippen LogP contribution in [0.2, 0.25) is 0 Å². The summed E-state index contributed by atoms with van der Waals surface area (Å²) in [4.78, 5) is 63.9. The molecule has 1 unspecified atom stereocenters. The van der Waals surface area contributed by atoms with E-state index in [1.165, 1.54) is 0 Å². The lowest BCUT2D eigenvalue weighted by atomic mass is 10.0. The van der Waals surface area contributed by atoms with Gasteiger partial charge in [-0.05, 0) is 36.8 Å². The van der Waals surface area contributed by atoms with Crippen LogP contribution in [-0.4, -0.2) is 159 Å². The van der Waals surface area contributed by atoms with Gasteiger partial charge in [-0.2, -0.15) is 0 Å². The van der Waals surface area contributed by atoms with Crippen molar-refractivity contribution in [2.75, 3.05) is 84.3 Å². The first-order valence-electron chi connectivity index (χ1n) is 16.4. The van der Waals surface area contributed by atoms with Crippen LogP contribution < -0.4 is 0 Å². The highest BCUT2D eigenvalue weighted by Crippen LogP contribution is 2.42. The number of hydrogen-bond acceptors (Lipinski definition) is 9. The molecule has 1 aliphatic rings. The van der Waals surface area contributed by atoms with Crippen LogP contribution in [0.15, 0.2) is 24.3 Å². The van der Waals surface area contributed by atoms with E-state index >= 15 is 0 Å². The molecule has 0 bridgehead atoms. The number of aryl methyl sites for hydroxylation is 1. The monoisotopic (exact) mass is 684 g/mol. The van der Waals surface area contributed by atoms with Gasteiger partial charge in [0.15, 0.2) is 0 Å². The fraction of sp³-hybridized carbons (Fsp3) is 0.688. The quantitative estimate of drug-likeness (QED) is 0.105.